The molecule has 3 aromatic heterocycles. The summed E-state index contributed by atoms with van der Waals surface area (Å²) in [5.41, 5.74) is 6.51. The molecule has 0 aliphatic heterocycles. The highest BCUT2D eigenvalue weighted by Gasteiger charge is 2.15. The maximum absolute atomic E-state index is 6.23. The minimum Gasteiger partial charge on any atom is -0.437 e. The van der Waals surface area contributed by atoms with Crippen molar-refractivity contribution < 1.29 is 4.42 Å². The summed E-state index contributed by atoms with van der Waals surface area (Å²) < 4.78 is 6.23. The van der Waals surface area contributed by atoms with E-state index in [1.165, 1.54) is 5.56 Å². The summed E-state index contributed by atoms with van der Waals surface area (Å²) in [5, 5.41) is 4.11. The lowest BCUT2D eigenvalue weighted by atomic mass is 10.0. The van der Waals surface area contributed by atoms with Crippen molar-refractivity contribution in [1.82, 2.24) is 19.9 Å². The van der Waals surface area contributed by atoms with Crippen molar-refractivity contribution in [2.75, 3.05) is 0 Å². The highest BCUT2D eigenvalue weighted by molar-refractivity contribution is 6.14. The molecule has 0 fully saturated rings. The van der Waals surface area contributed by atoms with Gasteiger partial charge in [-0.25, -0.2) is 19.9 Å². The van der Waals surface area contributed by atoms with Crippen molar-refractivity contribution >= 4 is 32.8 Å². The molecule has 3 heterocycles. The smallest absolute Gasteiger partial charge is 0.227 e. The molecule has 5 heteroatoms. The van der Waals surface area contributed by atoms with Crippen LogP contribution in [0, 0.1) is 0 Å². The molecule has 0 spiro atoms. The number of furan rings is 1. The minimum absolute atomic E-state index is 0.606. The summed E-state index contributed by atoms with van der Waals surface area (Å²) in [7, 11) is 0. The normalized spacial score (nSPS) is 11.4. The van der Waals surface area contributed by atoms with Crippen molar-refractivity contribution in [3.8, 4) is 45.3 Å². The van der Waals surface area contributed by atoms with Gasteiger partial charge >= 0.3 is 0 Å². The Morgan fingerprint density at radius 3 is 1.71 bits per heavy atom. The topological polar surface area (TPSA) is 64.7 Å². The van der Waals surface area contributed by atoms with Gasteiger partial charge in [-0.05, 0) is 40.8 Å². The monoisotopic (exact) mass is 526 g/mol. The standard InChI is InChI=1S/C36H22N4O/c1-3-8-23(9-4-1)24-13-16-27(17-14-24)34-38-33(26-10-5-2-6-11-26)39-35(40-34)28-18-15-25-19-20-29-30-12-7-21-37-36(30)41-32(29)31(25)22-28/h1-22H. The highest BCUT2D eigenvalue weighted by atomic mass is 16.3. The van der Waals surface area contributed by atoms with E-state index < -0.39 is 0 Å². The van der Waals surface area contributed by atoms with E-state index in [0.29, 0.717) is 23.2 Å². The summed E-state index contributed by atoms with van der Waals surface area (Å²) >= 11 is 0. The summed E-state index contributed by atoms with van der Waals surface area (Å²) in [6.45, 7) is 0. The van der Waals surface area contributed by atoms with Gasteiger partial charge in [-0.15, -0.1) is 0 Å². The van der Waals surface area contributed by atoms with Gasteiger partial charge in [0.05, 0.1) is 0 Å². The van der Waals surface area contributed by atoms with Gasteiger partial charge in [-0.2, -0.15) is 0 Å². The maximum atomic E-state index is 6.23. The Balaban J connectivity index is 1.29. The zero-order valence-electron chi connectivity index (χ0n) is 21.9. The average molecular weight is 527 g/mol. The molecule has 5 aromatic carbocycles. The maximum Gasteiger partial charge on any atom is 0.227 e. The third-order valence-electron chi connectivity index (χ3n) is 7.41. The molecule has 0 N–H and O–H groups in total. The Morgan fingerprint density at radius 2 is 0.976 bits per heavy atom. The van der Waals surface area contributed by atoms with Crippen molar-refractivity contribution in [3.05, 3.63) is 134 Å². The number of hydrogen-bond donors (Lipinski definition) is 0. The van der Waals surface area contributed by atoms with Gasteiger partial charge in [0.2, 0.25) is 5.71 Å². The van der Waals surface area contributed by atoms with Crippen molar-refractivity contribution in [1.29, 1.82) is 0 Å². The van der Waals surface area contributed by atoms with Gasteiger partial charge < -0.3 is 4.42 Å². The van der Waals surface area contributed by atoms with Crippen LogP contribution in [0.2, 0.25) is 0 Å². The largest absolute Gasteiger partial charge is 0.437 e. The van der Waals surface area contributed by atoms with E-state index >= 15 is 0 Å². The van der Waals surface area contributed by atoms with Crippen LogP contribution in [0.15, 0.2) is 138 Å². The first-order valence-electron chi connectivity index (χ1n) is 13.5. The lowest BCUT2D eigenvalue weighted by Crippen LogP contribution is -2.00. The second-order valence-corrected chi connectivity index (χ2v) is 9.95. The Kier molecular flexibility index (Phi) is 5.38. The Bertz CT molecular complexity index is 2190. The van der Waals surface area contributed by atoms with Gasteiger partial charge in [-0.1, -0.05) is 103 Å². The van der Waals surface area contributed by atoms with E-state index in [4.69, 9.17) is 19.4 Å². The number of aromatic nitrogens is 4. The Hall–Kier alpha value is -5.68. The van der Waals surface area contributed by atoms with Crippen LogP contribution in [0.5, 0.6) is 0 Å². The molecule has 0 amide bonds. The fourth-order valence-electron chi connectivity index (χ4n) is 5.32. The van der Waals surface area contributed by atoms with Crippen LogP contribution in [0.25, 0.3) is 78.1 Å². The summed E-state index contributed by atoms with van der Waals surface area (Å²) in [4.78, 5) is 19.2. The van der Waals surface area contributed by atoms with E-state index in [9.17, 15) is 0 Å². The molecular formula is C36H22N4O. The fourth-order valence-corrected chi connectivity index (χ4v) is 5.32. The summed E-state index contributed by atoms with van der Waals surface area (Å²) in [6.07, 6.45) is 1.75. The van der Waals surface area contributed by atoms with Crippen LogP contribution >= 0.6 is 0 Å². The molecule has 0 radical (unpaired) electrons. The van der Waals surface area contributed by atoms with Crippen LogP contribution < -0.4 is 0 Å². The van der Waals surface area contributed by atoms with E-state index in [2.05, 4.69) is 71.7 Å². The minimum atomic E-state index is 0.606. The SMILES string of the molecule is c1ccc(-c2ccc(-c3nc(-c4ccccc4)nc(-c4ccc5ccc6c7cccnc7oc6c5c4)n3)cc2)cc1. The zero-order chi connectivity index (χ0) is 27.2. The molecule has 8 aromatic rings. The van der Waals surface area contributed by atoms with Gasteiger partial charge in [-0.3, -0.25) is 0 Å². The number of rotatable bonds is 4. The molecule has 5 nitrogen and oxygen atoms in total. The number of benzene rings is 5. The number of hydrogen-bond acceptors (Lipinski definition) is 5. The highest BCUT2D eigenvalue weighted by Crippen LogP contribution is 2.35. The Morgan fingerprint density at radius 1 is 0.415 bits per heavy atom. The summed E-state index contributed by atoms with van der Waals surface area (Å²) in [5.74, 6) is 1.86. The molecule has 0 saturated heterocycles. The zero-order valence-corrected chi connectivity index (χ0v) is 21.9. The molecule has 0 unspecified atom stereocenters. The van der Waals surface area contributed by atoms with Gasteiger partial charge in [0, 0.05) is 39.0 Å². The fraction of sp³-hybridized carbons (Fsp3) is 0. The average Bonchev–Trinajstić information content (AvgIpc) is 3.45. The van der Waals surface area contributed by atoms with E-state index in [1.807, 2.05) is 60.7 Å². The molecular weight excluding hydrogens is 504 g/mol. The number of fused-ring (bicyclic) bond motifs is 5. The molecule has 8 rings (SSSR count). The predicted octanol–water partition coefficient (Wildman–Crippen LogP) is 8.99. The third-order valence-corrected chi connectivity index (χ3v) is 7.41. The second-order valence-electron chi connectivity index (χ2n) is 9.95. The quantitative estimate of drug-likeness (QED) is 0.229. The second kappa shape index (κ2) is 9.50. The van der Waals surface area contributed by atoms with Crippen LogP contribution in [0.3, 0.4) is 0 Å². The van der Waals surface area contributed by atoms with Crippen molar-refractivity contribution in [3.63, 3.8) is 0 Å². The van der Waals surface area contributed by atoms with Crippen LogP contribution in [0.1, 0.15) is 0 Å². The lowest BCUT2D eigenvalue weighted by molar-refractivity contribution is 0.657. The summed E-state index contributed by atoms with van der Waals surface area (Å²) in [6, 6.07) is 43.2. The van der Waals surface area contributed by atoms with Crippen LogP contribution in [-0.4, -0.2) is 19.9 Å². The van der Waals surface area contributed by atoms with E-state index in [-0.39, 0.29) is 0 Å². The first-order valence-corrected chi connectivity index (χ1v) is 13.5. The van der Waals surface area contributed by atoms with Crippen LogP contribution in [-0.2, 0) is 0 Å². The molecule has 41 heavy (non-hydrogen) atoms. The van der Waals surface area contributed by atoms with Crippen molar-refractivity contribution in [2.45, 2.75) is 0 Å². The molecule has 0 aliphatic rings. The first kappa shape index (κ1) is 23.2. The molecule has 0 bridgehead atoms. The molecule has 192 valence electrons. The molecule has 0 aliphatic carbocycles. The number of pyridine rings is 1. The van der Waals surface area contributed by atoms with Gasteiger partial charge in [0.25, 0.3) is 0 Å². The van der Waals surface area contributed by atoms with Crippen molar-refractivity contribution in [2.24, 2.45) is 0 Å². The van der Waals surface area contributed by atoms with Gasteiger partial charge in [0.1, 0.15) is 5.58 Å². The number of nitrogens with zero attached hydrogens (tertiary/aromatic N) is 4. The van der Waals surface area contributed by atoms with E-state index in [0.717, 1.165) is 49.4 Å². The Labute approximate surface area is 235 Å². The molecule has 0 atom stereocenters. The van der Waals surface area contributed by atoms with Gasteiger partial charge in [0.15, 0.2) is 17.5 Å². The first-order chi connectivity index (χ1) is 20.3. The lowest BCUT2D eigenvalue weighted by Gasteiger charge is -2.10. The van der Waals surface area contributed by atoms with E-state index in [1.54, 1.807) is 6.20 Å². The molecule has 0 saturated carbocycles. The van der Waals surface area contributed by atoms with Crippen LogP contribution in [0.4, 0.5) is 0 Å². The predicted molar refractivity (Wildman–Crippen MR) is 164 cm³/mol. The third kappa shape index (κ3) is 4.12.